The molecule has 0 amide bonds. The molecule has 6 nitrogen and oxygen atoms in total. The van der Waals surface area contributed by atoms with Crippen molar-refractivity contribution in [3.63, 3.8) is 0 Å². The second kappa shape index (κ2) is 6.44. The predicted molar refractivity (Wildman–Crippen MR) is 91.0 cm³/mol. The maximum Gasteiger partial charge on any atom is 0.175 e. The fourth-order valence-corrected chi connectivity index (χ4v) is 2.44. The van der Waals surface area contributed by atoms with Gasteiger partial charge in [-0.15, -0.1) is 0 Å². The zero-order valence-electron chi connectivity index (χ0n) is 12.4. The molecule has 0 aliphatic carbocycles. The van der Waals surface area contributed by atoms with Crippen molar-refractivity contribution in [2.24, 2.45) is 0 Å². The van der Waals surface area contributed by atoms with E-state index in [4.69, 9.17) is 27.7 Å². The Morgan fingerprint density at radius 3 is 2.30 bits per heavy atom. The SMILES string of the molecule is Cc1nc(Nc2cc(C)on2)cc(Nc2ccc(Cl)cc2Cl)n1. The molecule has 3 aromatic rings. The molecule has 2 N–H and O–H groups in total. The molecule has 0 bridgehead atoms. The van der Waals surface area contributed by atoms with Gasteiger partial charge in [-0.3, -0.25) is 0 Å². The first-order valence-corrected chi connectivity index (χ1v) is 7.53. The Hall–Kier alpha value is -2.31. The molecule has 2 aromatic heterocycles. The first kappa shape index (κ1) is 15.6. The lowest BCUT2D eigenvalue weighted by Gasteiger charge is -2.10. The molecule has 0 radical (unpaired) electrons. The molecule has 8 heteroatoms. The van der Waals surface area contributed by atoms with Gasteiger partial charge in [0.25, 0.3) is 0 Å². The van der Waals surface area contributed by atoms with Crippen molar-refractivity contribution in [3.05, 3.63) is 52.0 Å². The van der Waals surface area contributed by atoms with Gasteiger partial charge in [-0.05, 0) is 32.0 Å². The van der Waals surface area contributed by atoms with E-state index < -0.39 is 0 Å². The van der Waals surface area contributed by atoms with Crippen molar-refractivity contribution in [2.75, 3.05) is 10.6 Å². The first-order chi connectivity index (χ1) is 11.0. The first-order valence-electron chi connectivity index (χ1n) is 6.78. The van der Waals surface area contributed by atoms with Gasteiger partial charge in [0.15, 0.2) is 5.82 Å². The lowest BCUT2D eigenvalue weighted by molar-refractivity contribution is 0.400. The zero-order valence-corrected chi connectivity index (χ0v) is 13.9. The lowest BCUT2D eigenvalue weighted by atomic mass is 10.3. The number of nitrogens with zero attached hydrogens (tertiary/aromatic N) is 3. The normalized spacial score (nSPS) is 10.6. The van der Waals surface area contributed by atoms with Crippen LogP contribution in [0.15, 0.2) is 34.9 Å². The fourth-order valence-electron chi connectivity index (χ4n) is 1.98. The van der Waals surface area contributed by atoms with Crippen LogP contribution in [0.3, 0.4) is 0 Å². The van der Waals surface area contributed by atoms with Crippen molar-refractivity contribution in [3.8, 4) is 0 Å². The molecule has 0 saturated carbocycles. The summed E-state index contributed by atoms with van der Waals surface area (Å²) in [6, 6.07) is 8.73. The Bertz CT molecular complexity index is 850. The largest absolute Gasteiger partial charge is 0.360 e. The van der Waals surface area contributed by atoms with E-state index in [0.29, 0.717) is 44.8 Å². The van der Waals surface area contributed by atoms with Crippen LogP contribution in [0.2, 0.25) is 10.0 Å². The van der Waals surface area contributed by atoms with E-state index in [9.17, 15) is 0 Å². The van der Waals surface area contributed by atoms with Gasteiger partial charge in [-0.1, -0.05) is 28.4 Å². The van der Waals surface area contributed by atoms with Crippen molar-refractivity contribution in [1.82, 2.24) is 15.1 Å². The summed E-state index contributed by atoms with van der Waals surface area (Å²) < 4.78 is 5.02. The van der Waals surface area contributed by atoms with Gasteiger partial charge >= 0.3 is 0 Å². The van der Waals surface area contributed by atoms with Crippen molar-refractivity contribution in [1.29, 1.82) is 0 Å². The quantitative estimate of drug-likeness (QED) is 0.699. The average Bonchev–Trinajstić information content (AvgIpc) is 2.86. The third-order valence-corrected chi connectivity index (χ3v) is 3.46. The van der Waals surface area contributed by atoms with Crippen molar-refractivity contribution in [2.45, 2.75) is 13.8 Å². The molecule has 0 unspecified atom stereocenters. The monoisotopic (exact) mass is 349 g/mol. The van der Waals surface area contributed by atoms with Crippen molar-refractivity contribution >= 4 is 46.3 Å². The topological polar surface area (TPSA) is 75.9 Å². The van der Waals surface area contributed by atoms with Crippen LogP contribution >= 0.6 is 23.2 Å². The molecule has 0 aliphatic rings. The Labute approximate surface area is 142 Å². The van der Waals surface area contributed by atoms with Gasteiger partial charge in [0, 0.05) is 17.2 Å². The Morgan fingerprint density at radius 1 is 0.913 bits per heavy atom. The summed E-state index contributed by atoms with van der Waals surface area (Å²) in [6.45, 7) is 3.62. The van der Waals surface area contributed by atoms with E-state index in [1.165, 1.54) is 0 Å². The van der Waals surface area contributed by atoms with E-state index in [1.54, 1.807) is 37.3 Å². The second-order valence-corrected chi connectivity index (χ2v) is 5.73. The standard InChI is InChI=1S/C15H13Cl2N5O/c1-8-5-15(22-23-8)21-14-7-13(18-9(2)19-14)20-12-4-3-10(16)6-11(12)17/h3-7H,1-2H3,(H2,18,19,20,21,22). The van der Waals surface area contributed by atoms with E-state index in [1.807, 2.05) is 6.92 Å². The molecule has 0 atom stereocenters. The molecular weight excluding hydrogens is 337 g/mol. The summed E-state index contributed by atoms with van der Waals surface area (Å²) in [4.78, 5) is 8.66. The number of hydrogen-bond acceptors (Lipinski definition) is 6. The molecule has 0 aliphatic heterocycles. The van der Waals surface area contributed by atoms with Gasteiger partial charge in [0.1, 0.15) is 23.2 Å². The highest BCUT2D eigenvalue weighted by Gasteiger charge is 2.07. The molecule has 0 spiro atoms. The molecule has 23 heavy (non-hydrogen) atoms. The number of hydrogen-bond donors (Lipinski definition) is 2. The maximum absolute atomic E-state index is 6.16. The molecule has 0 saturated heterocycles. The van der Waals surface area contributed by atoms with E-state index in [0.717, 1.165) is 0 Å². The third kappa shape index (κ3) is 3.91. The highest BCUT2D eigenvalue weighted by molar-refractivity contribution is 6.36. The maximum atomic E-state index is 6.16. The van der Waals surface area contributed by atoms with Crippen LogP contribution < -0.4 is 10.6 Å². The third-order valence-electron chi connectivity index (χ3n) is 2.92. The summed E-state index contributed by atoms with van der Waals surface area (Å²) in [5, 5.41) is 11.2. The number of benzene rings is 1. The Morgan fingerprint density at radius 2 is 1.65 bits per heavy atom. The van der Waals surface area contributed by atoms with Crippen LogP contribution in [0, 0.1) is 13.8 Å². The summed E-state index contributed by atoms with van der Waals surface area (Å²) in [5.41, 5.74) is 0.706. The summed E-state index contributed by atoms with van der Waals surface area (Å²) in [7, 11) is 0. The number of nitrogens with one attached hydrogen (secondary N) is 2. The van der Waals surface area contributed by atoms with Crippen molar-refractivity contribution < 1.29 is 4.52 Å². The molecule has 1 aromatic carbocycles. The molecule has 118 valence electrons. The average molecular weight is 350 g/mol. The van der Waals surface area contributed by atoms with Gasteiger partial charge < -0.3 is 15.2 Å². The van der Waals surface area contributed by atoms with Crippen LogP contribution in [0.5, 0.6) is 0 Å². The Kier molecular flexibility index (Phi) is 4.36. The van der Waals surface area contributed by atoms with E-state index in [2.05, 4.69) is 25.8 Å². The Balaban J connectivity index is 1.85. The van der Waals surface area contributed by atoms with E-state index >= 15 is 0 Å². The number of aromatic nitrogens is 3. The number of aryl methyl sites for hydroxylation is 2. The minimum absolute atomic E-state index is 0.510. The second-order valence-electron chi connectivity index (χ2n) is 4.88. The predicted octanol–water partition coefficient (Wildman–Crippen LogP) is 4.88. The number of rotatable bonds is 4. The minimum Gasteiger partial charge on any atom is -0.360 e. The van der Waals surface area contributed by atoms with E-state index in [-0.39, 0.29) is 0 Å². The number of anilines is 4. The highest BCUT2D eigenvalue weighted by atomic mass is 35.5. The molecule has 2 heterocycles. The highest BCUT2D eigenvalue weighted by Crippen LogP contribution is 2.28. The smallest absolute Gasteiger partial charge is 0.175 e. The van der Waals surface area contributed by atoms with Crippen LogP contribution in [-0.2, 0) is 0 Å². The lowest BCUT2D eigenvalue weighted by Crippen LogP contribution is -2.01. The van der Waals surface area contributed by atoms with Crippen LogP contribution in [0.4, 0.5) is 23.1 Å². The van der Waals surface area contributed by atoms with Crippen LogP contribution in [0.1, 0.15) is 11.6 Å². The summed E-state index contributed by atoms with van der Waals surface area (Å²) in [6.07, 6.45) is 0. The fraction of sp³-hybridized carbons (Fsp3) is 0.133. The van der Waals surface area contributed by atoms with Crippen LogP contribution in [-0.4, -0.2) is 15.1 Å². The van der Waals surface area contributed by atoms with Gasteiger partial charge in [-0.2, -0.15) is 0 Å². The number of halogens is 2. The molecule has 3 rings (SSSR count). The van der Waals surface area contributed by atoms with Crippen LogP contribution in [0.25, 0.3) is 0 Å². The zero-order chi connectivity index (χ0) is 16.4. The van der Waals surface area contributed by atoms with Gasteiger partial charge in [0.2, 0.25) is 0 Å². The molecular formula is C15H13Cl2N5O. The van der Waals surface area contributed by atoms with Gasteiger partial charge in [0.05, 0.1) is 10.7 Å². The van der Waals surface area contributed by atoms with Gasteiger partial charge in [-0.25, -0.2) is 9.97 Å². The minimum atomic E-state index is 0.510. The summed E-state index contributed by atoms with van der Waals surface area (Å²) >= 11 is 12.1. The summed E-state index contributed by atoms with van der Waals surface area (Å²) in [5.74, 6) is 3.09. The molecule has 0 fully saturated rings.